The first kappa shape index (κ1) is 18.1. The third kappa shape index (κ3) is 3.91. The molecule has 3 nitrogen and oxygen atoms in total. The maximum Gasteiger partial charge on any atom is 0.106 e. The van der Waals surface area contributed by atoms with Crippen molar-refractivity contribution in [1.29, 1.82) is 5.26 Å². The highest BCUT2D eigenvalue weighted by Crippen LogP contribution is 2.39. The van der Waals surface area contributed by atoms with E-state index >= 15 is 0 Å². The van der Waals surface area contributed by atoms with Crippen molar-refractivity contribution in [3.05, 3.63) is 96.1 Å². The van der Waals surface area contributed by atoms with Gasteiger partial charge in [0.2, 0.25) is 0 Å². The number of hydrazone groups is 1. The van der Waals surface area contributed by atoms with Crippen LogP contribution in [0.25, 0.3) is 0 Å². The van der Waals surface area contributed by atoms with E-state index in [2.05, 4.69) is 16.4 Å². The van der Waals surface area contributed by atoms with Crippen LogP contribution in [-0.4, -0.2) is 5.71 Å². The monoisotopic (exact) mass is 375 g/mol. The van der Waals surface area contributed by atoms with E-state index in [1.54, 1.807) is 12.1 Å². The smallest absolute Gasteiger partial charge is 0.106 e. The molecule has 0 aliphatic carbocycles. The van der Waals surface area contributed by atoms with Crippen molar-refractivity contribution in [3.63, 3.8) is 0 Å². The minimum atomic E-state index is -2.27. The Balaban J connectivity index is 1.96. The number of hydrogen-bond donors (Lipinski definition) is 1. The Morgan fingerprint density at radius 3 is 1.85 bits per heavy atom. The van der Waals surface area contributed by atoms with E-state index in [0.29, 0.717) is 5.56 Å². The lowest BCUT2D eigenvalue weighted by atomic mass is 10.1. The molecule has 0 spiro atoms. The Morgan fingerprint density at radius 1 is 0.885 bits per heavy atom. The molecule has 0 bridgehead atoms. The van der Waals surface area contributed by atoms with Crippen molar-refractivity contribution in [2.45, 2.75) is 6.92 Å². The van der Waals surface area contributed by atoms with Gasteiger partial charge in [-0.3, -0.25) is 5.20 Å². The molecule has 0 radical (unpaired) electrons. The normalized spacial score (nSPS) is 11.6. The van der Waals surface area contributed by atoms with Crippen LogP contribution in [0.1, 0.15) is 18.1 Å². The van der Waals surface area contributed by atoms with Crippen LogP contribution in [0, 0.1) is 11.3 Å². The van der Waals surface area contributed by atoms with Crippen molar-refractivity contribution < 1.29 is 0 Å². The van der Waals surface area contributed by atoms with Gasteiger partial charge in [0.05, 0.1) is 17.3 Å². The molecule has 5 heteroatoms. The molecule has 26 heavy (non-hydrogen) atoms. The Kier molecular flexibility index (Phi) is 5.63. The predicted octanol–water partition coefficient (Wildman–Crippen LogP) is 3.92. The molecular formula is C21H18N3PS. The number of benzene rings is 3. The second kappa shape index (κ2) is 8.10. The van der Waals surface area contributed by atoms with E-state index in [9.17, 15) is 0 Å². The van der Waals surface area contributed by atoms with Gasteiger partial charge in [-0.05, 0) is 24.6 Å². The topological polar surface area (TPSA) is 48.2 Å². The number of hydrogen-bond acceptors (Lipinski definition) is 3. The molecule has 3 aromatic carbocycles. The Labute approximate surface area is 159 Å². The van der Waals surface area contributed by atoms with Gasteiger partial charge in [-0.25, -0.2) is 0 Å². The molecule has 0 atom stereocenters. The molecule has 128 valence electrons. The van der Waals surface area contributed by atoms with Gasteiger partial charge in [0.25, 0.3) is 0 Å². The molecule has 3 rings (SSSR count). The zero-order valence-electron chi connectivity index (χ0n) is 14.3. The van der Waals surface area contributed by atoms with E-state index in [1.807, 2.05) is 79.7 Å². The van der Waals surface area contributed by atoms with E-state index in [4.69, 9.17) is 17.1 Å². The summed E-state index contributed by atoms with van der Waals surface area (Å²) in [6.07, 6.45) is -2.27. The van der Waals surface area contributed by atoms with Crippen LogP contribution in [0.4, 0.5) is 0 Å². The van der Waals surface area contributed by atoms with Gasteiger partial charge in [0.15, 0.2) is 0 Å². The summed E-state index contributed by atoms with van der Waals surface area (Å²) >= 11 is 6.09. The lowest BCUT2D eigenvalue weighted by Crippen LogP contribution is -2.25. The van der Waals surface area contributed by atoms with Crippen LogP contribution >= 0.6 is 6.19 Å². The fourth-order valence-corrected chi connectivity index (χ4v) is 5.39. The minimum absolute atomic E-state index is 0.633. The van der Waals surface area contributed by atoms with Crippen LogP contribution in [0.15, 0.2) is 90.0 Å². The number of rotatable bonds is 5. The maximum absolute atomic E-state index is 8.93. The van der Waals surface area contributed by atoms with Crippen molar-refractivity contribution in [2.24, 2.45) is 5.10 Å². The Hall–Kier alpha value is -2.73. The van der Waals surface area contributed by atoms with Crippen LogP contribution in [0.3, 0.4) is 0 Å². The first-order chi connectivity index (χ1) is 12.6. The first-order valence-corrected chi connectivity index (χ1v) is 11.0. The van der Waals surface area contributed by atoms with Gasteiger partial charge in [-0.2, -0.15) is 10.4 Å². The third-order valence-electron chi connectivity index (χ3n) is 4.03. The predicted molar refractivity (Wildman–Crippen MR) is 113 cm³/mol. The highest BCUT2D eigenvalue weighted by Gasteiger charge is 2.21. The molecule has 1 N–H and O–H groups in total. The molecule has 3 aromatic rings. The quantitative estimate of drug-likeness (QED) is 0.418. The third-order valence-corrected chi connectivity index (χ3v) is 7.97. The average Bonchev–Trinajstić information content (AvgIpc) is 2.73. The molecule has 0 heterocycles. The zero-order valence-corrected chi connectivity index (χ0v) is 16.0. The second-order valence-electron chi connectivity index (χ2n) is 5.77. The summed E-state index contributed by atoms with van der Waals surface area (Å²) < 4.78 is 0. The summed E-state index contributed by atoms with van der Waals surface area (Å²) in [5.41, 5.74) is 2.42. The zero-order chi connectivity index (χ0) is 18.4. The number of nitriles is 1. The molecule has 0 aliphatic heterocycles. The lowest BCUT2D eigenvalue weighted by Gasteiger charge is -2.23. The van der Waals surface area contributed by atoms with Crippen LogP contribution < -0.4 is 15.8 Å². The van der Waals surface area contributed by atoms with Crippen molar-refractivity contribution in [1.82, 2.24) is 5.20 Å². The van der Waals surface area contributed by atoms with Crippen molar-refractivity contribution >= 4 is 34.3 Å². The van der Waals surface area contributed by atoms with E-state index in [-0.39, 0.29) is 0 Å². The summed E-state index contributed by atoms with van der Waals surface area (Å²) in [5.74, 6) is 0. The molecule has 0 fully saturated rings. The molecule has 0 saturated carbocycles. The molecule has 0 aliphatic rings. The first-order valence-electron chi connectivity index (χ1n) is 8.17. The van der Waals surface area contributed by atoms with Gasteiger partial charge in [-0.15, -0.1) is 0 Å². The molecule has 0 aromatic heterocycles. The van der Waals surface area contributed by atoms with Crippen LogP contribution in [0.2, 0.25) is 0 Å². The van der Waals surface area contributed by atoms with E-state index in [1.165, 1.54) is 0 Å². The summed E-state index contributed by atoms with van der Waals surface area (Å²) in [4.78, 5) is 0. The molecule has 0 amide bonds. The summed E-state index contributed by atoms with van der Waals surface area (Å²) in [6, 6.07) is 29.7. The molecule has 0 unspecified atom stereocenters. The average molecular weight is 375 g/mol. The fraction of sp³-hybridized carbons (Fsp3) is 0.0476. The molecular weight excluding hydrogens is 357 g/mol. The van der Waals surface area contributed by atoms with Crippen LogP contribution in [0.5, 0.6) is 0 Å². The number of nitrogens with zero attached hydrogens (tertiary/aromatic N) is 2. The summed E-state index contributed by atoms with van der Waals surface area (Å²) in [5, 5.41) is 19.0. The maximum atomic E-state index is 8.93. The largest absolute Gasteiger partial charge is 0.272 e. The van der Waals surface area contributed by atoms with Crippen LogP contribution in [-0.2, 0) is 11.8 Å². The second-order valence-corrected chi connectivity index (χ2v) is 9.86. The fourth-order valence-electron chi connectivity index (χ4n) is 2.54. The SMILES string of the molecule is C/C(=N/NP(=S)(c1ccccc1)c1ccccc1)c1ccc(C#N)cc1. The highest BCUT2D eigenvalue weighted by atomic mass is 32.4. The Bertz CT molecular complexity index is 947. The molecule has 0 saturated heterocycles. The number of nitrogens with one attached hydrogen (secondary N) is 1. The highest BCUT2D eigenvalue weighted by molar-refractivity contribution is 8.20. The van der Waals surface area contributed by atoms with Gasteiger partial charge in [0, 0.05) is 10.6 Å². The van der Waals surface area contributed by atoms with Gasteiger partial charge in [-0.1, -0.05) is 84.6 Å². The minimum Gasteiger partial charge on any atom is -0.272 e. The Morgan fingerprint density at radius 2 is 1.38 bits per heavy atom. The summed E-state index contributed by atoms with van der Waals surface area (Å²) in [7, 11) is 0. The van der Waals surface area contributed by atoms with Gasteiger partial charge < -0.3 is 0 Å². The van der Waals surface area contributed by atoms with E-state index < -0.39 is 6.19 Å². The van der Waals surface area contributed by atoms with E-state index in [0.717, 1.165) is 21.9 Å². The lowest BCUT2D eigenvalue weighted by molar-refractivity contribution is 1.09. The van der Waals surface area contributed by atoms with Crippen molar-refractivity contribution in [3.8, 4) is 6.07 Å². The van der Waals surface area contributed by atoms with Crippen molar-refractivity contribution in [2.75, 3.05) is 0 Å². The van der Waals surface area contributed by atoms with Gasteiger partial charge in [0.1, 0.15) is 6.19 Å². The van der Waals surface area contributed by atoms with Gasteiger partial charge >= 0.3 is 0 Å². The summed E-state index contributed by atoms with van der Waals surface area (Å²) in [6.45, 7) is 1.93. The standard InChI is InChI=1S/C21H18N3PS/c1-17(19-14-12-18(16-22)13-15-19)23-24-25(26,20-8-4-2-5-9-20)21-10-6-3-7-11-21/h2-15H,1H3,(H,24,26)/b23-17-.